The minimum absolute atomic E-state index is 0.149. The number of anilines is 1. The standard InChI is InChI=1S/C9H5BrClFN2O/c10-6-1-4(7(11)2-8(6)12)5-3-14-15-9(5)13/h1-3H,13H2. The Kier molecular flexibility index (Phi) is 2.67. The Morgan fingerprint density at radius 2 is 2.13 bits per heavy atom. The second-order valence-electron chi connectivity index (χ2n) is 2.85. The van der Waals surface area contributed by atoms with Crippen molar-refractivity contribution in [2.24, 2.45) is 0 Å². The van der Waals surface area contributed by atoms with E-state index in [1.807, 2.05) is 0 Å². The third-order valence-electron chi connectivity index (χ3n) is 1.90. The summed E-state index contributed by atoms with van der Waals surface area (Å²) in [5, 5.41) is 3.78. The van der Waals surface area contributed by atoms with Gasteiger partial charge in [-0.1, -0.05) is 16.8 Å². The summed E-state index contributed by atoms with van der Waals surface area (Å²) in [6, 6.07) is 2.73. The molecule has 1 heterocycles. The minimum Gasteiger partial charge on any atom is -0.367 e. The molecule has 0 fully saturated rings. The number of hydrogen-bond acceptors (Lipinski definition) is 3. The number of halogens is 3. The van der Waals surface area contributed by atoms with E-state index in [4.69, 9.17) is 21.9 Å². The lowest BCUT2D eigenvalue weighted by Crippen LogP contribution is -1.87. The summed E-state index contributed by atoms with van der Waals surface area (Å²) in [5.74, 6) is -0.283. The van der Waals surface area contributed by atoms with E-state index in [9.17, 15) is 4.39 Å². The van der Waals surface area contributed by atoms with Gasteiger partial charge in [-0.3, -0.25) is 0 Å². The Morgan fingerprint density at radius 3 is 2.73 bits per heavy atom. The van der Waals surface area contributed by atoms with Crippen molar-refractivity contribution in [2.75, 3.05) is 5.73 Å². The molecule has 2 rings (SSSR count). The van der Waals surface area contributed by atoms with Gasteiger partial charge >= 0.3 is 0 Å². The van der Waals surface area contributed by atoms with Gasteiger partial charge in [0.1, 0.15) is 5.82 Å². The molecule has 2 aromatic rings. The normalized spacial score (nSPS) is 10.6. The van der Waals surface area contributed by atoms with E-state index in [1.165, 1.54) is 18.3 Å². The van der Waals surface area contributed by atoms with Crippen LogP contribution in [0.3, 0.4) is 0 Å². The molecule has 78 valence electrons. The molecule has 0 bridgehead atoms. The number of nitrogens with zero attached hydrogens (tertiary/aromatic N) is 1. The molecule has 2 N–H and O–H groups in total. The van der Waals surface area contributed by atoms with Crippen LogP contribution >= 0.6 is 27.5 Å². The Morgan fingerprint density at radius 1 is 1.40 bits per heavy atom. The van der Waals surface area contributed by atoms with E-state index in [0.29, 0.717) is 15.6 Å². The number of benzene rings is 1. The van der Waals surface area contributed by atoms with Gasteiger partial charge in [0.05, 0.1) is 21.3 Å². The quantitative estimate of drug-likeness (QED) is 0.818. The molecule has 1 aromatic heterocycles. The van der Waals surface area contributed by atoms with Crippen LogP contribution in [0, 0.1) is 5.82 Å². The van der Waals surface area contributed by atoms with Crippen molar-refractivity contribution >= 4 is 33.4 Å². The van der Waals surface area contributed by atoms with Gasteiger partial charge in [0.15, 0.2) is 0 Å². The van der Waals surface area contributed by atoms with E-state index in [-0.39, 0.29) is 10.9 Å². The van der Waals surface area contributed by atoms with Gasteiger partial charge in [0.25, 0.3) is 0 Å². The zero-order valence-corrected chi connectivity index (χ0v) is 9.64. The Hall–Kier alpha value is -1.07. The Balaban J connectivity index is 2.64. The second-order valence-corrected chi connectivity index (χ2v) is 4.11. The second kappa shape index (κ2) is 3.83. The third-order valence-corrected chi connectivity index (χ3v) is 2.82. The van der Waals surface area contributed by atoms with Gasteiger partial charge in [-0.05, 0) is 28.1 Å². The van der Waals surface area contributed by atoms with Gasteiger partial charge in [0, 0.05) is 5.56 Å². The first kappa shape index (κ1) is 10.4. The van der Waals surface area contributed by atoms with Crippen LogP contribution in [0.2, 0.25) is 5.02 Å². The lowest BCUT2D eigenvalue weighted by Gasteiger charge is -2.03. The summed E-state index contributed by atoms with van der Waals surface area (Å²) >= 11 is 8.94. The third kappa shape index (κ3) is 1.85. The predicted molar refractivity (Wildman–Crippen MR) is 59.0 cm³/mol. The van der Waals surface area contributed by atoms with Gasteiger partial charge in [-0.2, -0.15) is 0 Å². The molecule has 3 nitrogen and oxygen atoms in total. The summed E-state index contributed by atoms with van der Waals surface area (Å²) in [5.41, 5.74) is 6.65. The molecule has 1 aromatic carbocycles. The van der Waals surface area contributed by atoms with Gasteiger partial charge in [0.2, 0.25) is 5.88 Å². The topological polar surface area (TPSA) is 52.0 Å². The van der Waals surface area contributed by atoms with E-state index >= 15 is 0 Å². The van der Waals surface area contributed by atoms with Crippen LogP contribution in [0.25, 0.3) is 11.1 Å². The SMILES string of the molecule is Nc1oncc1-c1cc(Br)c(F)cc1Cl. The molecule has 6 heteroatoms. The van der Waals surface area contributed by atoms with Crippen molar-refractivity contribution in [3.05, 3.63) is 33.6 Å². The largest absolute Gasteiger partial charge is 0.367 e. The molecular weight excluding hydrogens is 286 g/mol. The average Bonchev–Trinajstić information content (AvgIpc) is 2.58. The minimum atomic E-state index is -0.432. The molecular formula is C9H5BrClFN2O. The molecule has 0 saturated heterocycles. The molecule has 0 atom stereocenters. The lowest BCUT2D eigenvalue weighted by molar-refractivity contribution is 0.436. The maximum Gasteiger partial charge on any atom is 0.230 e. The molecule has 15 heavy (non-hydrogen) atoms. The van der Waals surface area contributed by atoms with Crippen LogP contribution in [-0.4, -0.2) is 5.16 Å². The smallest absolute Gasteiger partial charge is 0.230 e. The van der Waals surface area contributed by atoms with E-state index in [0.717, 1.165) is 0 Å². The summed E-state index contributed by atoms with van der Waals surface area (Å²) in [6.07, 6.45) is 1.43. The highest BCUT2D eigenvalue weighted by atomic mass is 79.9. The number of hydrogen-bond donors (Lipinski definition) is 1. The van der Waals surface area contributed by atoms with E-state index < -0.39 is 5.82 Å². The summed E-state index contributed by atoms with van der Waals surface area (Å²) < 4.78 is 18.1. The maximum absolute atomic E-state index is 13.1. The molecule has 0 radical (unpaired) electrons. The summed E-state index contributed by atoms with van der Waals surface area (Å²) in [4.78, 5) is 0. The maximum atomic E-state index is 13.1. The van der Waals surface area contributed by atoms with Crippen molar-refractivity contribution in [2.45, 2.75) is 0 Å². The number of nitrogen functional groups attached to an aromatic ring is 1. The highest BCUT2D eigenvalue weighted by Crippen LogP contribution is 2.35. The van der Waals surface area contributed by atoms with Crippen molar-refractivity contribution in [3.8, 4) is 11.1 Å². The monoisotopic (exact) mass is 290 g/mol. The fourth-order valence-electron chi connectivity index (χ4n) is 1.18. The fraction of sp³-hybridized carbons (Fsp3) is 0. The van der Waals surface area contributed by atoms with Gasteiger partial charge in [-0.15, -0.1) is 0 Å². The highest BCUT2D eigenvalue weighted by molar-refractivity contribution is 9.10. The molecule has 0 aliphatic carbocycles. The fourth-order valence-corrected chi connectivity index (χ4v) is 1.78. The molecule has 0 spiro atoms. The Bertz CT molecular complexity index is 515. The van der Waals surface area contributed by atoms with Crippen LogP contribution in [0.15, 0.2) is 27.3 Å². The number of nitrogens with two attached hydrogens (primary N) is 1. The van der Waals surface area contributed by atoms with E-state index in [1.54, 1.807) is 0 Å². The van der Waals surface area contributed by atoms with Crippen molar-refractivity contribution in [1.82, 2.24) is 5.16 Å². The lowest BCUT2D eigenvalue weighted by atomic mass is 10.1. The molecule has 0 unspecified atom stereocenters. The van der Waals surface area contributed by atoms with Crippen LogP contribution in [0.5, 0.6) is 0 Å². The molecule has 0 aliphatic heterocycles. The zero-order chi connectivity index (χ0) is 11.0. The van der Waals surface area contributed by atoms with Crippen molar-refractivity contribution in [3.63, 3.8) is 0 Å². The van der Waals surface area contributed by atoms with Gasteiger partial charge < -0.3 is 10.3 Å². The first-order valence-electron chi connectivity index (χ1n) is 3.94. The van der Waals surface area contributed by atoms with Crippen LogP contribution < -0.4 is 5.73 Å². The summed E-state index contributed by atoms with van der Waals surface area (Å²) in [7, 11) is 0. The van der Waals surface area contributed by atoms with Crippen LogP contribution in [0.4, 0.5) is 10.3 Å². The molecule has 0 aliphatic rings. The van der Waals surface area contributed by atoms with Crippen LogP contribution in [0.1, 0.15) is 0 Å². The average molecular weight is 292 g/mol. The molecule has 0 saturated carbocycles. The van der Waals surface area contributed by atoms with Gasteiger partial charge in [-0.25, -0.2) is 4.39 Å². The van der Waals surface area contributed by atoms with Crippen molar-refractivity contribution < 1.29 is 8.91 Å². The van der Waals surface area contributed by atoms with Crippen molar-refractivity contribution in [1.29, 1.82) is 0 Å². The van der Waals surface area contributed by atoms with E-state index in [2.05, 4.69) is 21.1 Å². The van der Waals surface area contributed by atoms with Crippen LogP contribution in [-0.2, 0) is 0 Å². The predicted octanol–water partition coefficient (Wildman–Crippen LogP) is 3.48. The first-order chi connectivity index (χ1) is 7.09. The zero-order valence-electron chi connectivity index (χ0n) is 7.30. The molecule has 0 amide bonds. The summed E-state index contributed by atoms with van der Waals surface area (Å²) in [6.45, 7) is 0. The number of aromatic nitrogens is 1. The number of rotatable bonds is 1. The first-order valence-corrected chi connectivity index (χ1v) is 5.11. The Labute approximate surface area is 98.1 Å². The highest BCUT2D eigenvalue weighted by Gasteiger charge is 2.13.